The third kappa shape index (κ3) is 35.3. The highest BCUT2D eigenvalue weighted by molar-refractivity contribution is 6.07. The number of aliphatic hydroxyl groups is 3. The Morgan fingerprint density at radius 2 is 1.56 bits per heavy atom. The first kappa shape index (κ1) is 11.4. The van der Waals surface area contributed by atoms with Crippen LogP contribution in [0.2, 0.25) is 0 Å². The van der Waals surface area contributed by atoms with Gasteiger partial charge >= 0.3 is 6.16 Å². The molecule has 0 amide bonds. The summed E-state index contributed by atoms with van der Waals surface area (Å²) in [6.45, 7) is -0.250. The molecule has 0 saturated heterocycles. The number of halogens is 1. The number of hydrogen-bond acceptors (Lipinski definition) is 5. The summed E-state index contributed by atoms with van der Waals surface area (Å²) in [5, 5.41) is 29.6. The van der Waals surface area contributed by atoms with Crippen LogP contribution >= 0.6 is 11.9 Å². The zero-order chi connectivity index (χ0) is 7.91. The average Bonchev–Trinajstić information content (AvgIpc) is 1.67. The highest BCUT2D eigenvalue weighted by Crippen LogP contribution is 1.95. The van der Waals surface area contributed by atoms with E-state index in [0.717, 1.165) is 0 Å². The van der Waals surface area contributed by atoms with Crippen molar-refractivity contribution in [1.82, 2.24) is 0 Å². The van der Waals surface area contributed by atoms with E-state index in [1.165, 1.54) is 0 Å². The van der Waals surface area contributed by atoms with Crippen LogP contribution in [0.15, 0.2) is 0 Å². The highest BCUT2D eigenvalue weighted by atomic mass is 35.5. The summed E-state index contributed by atoms with van der Waals surface area (Å²) < 4.78 is 3.08. The normalized spacial score (nSPS) is 9.33. The first-order chi connectivity index (χ1) is 3.97. The largest absolute Gasteiger partial charge is 0.483 e. The molecule has 0 fully saturated rings. The van der Waals surface area contributed by atoms with Crippen LogP contribution in [0, 0.1) is 0 Å². The van der Waals surface area contributed by atoms with Gasteiger partial charge in [-0.3, -0.25) is 4.79 Å². The average molecular weight is 161 g/mol. The van der Waals surface area contributed by atoms with E-state index in [1.807, 2.05) is 0 Å². The Bertz CT molecular complexity index is 65.9. The molecule has 0 radical (unpaired) electrons. The Balaban J connectivity index is 0. The summed E-state index contributed by atoms with van der Waals surface area (Å²) in [5.74, 6) is 0. The number of rotatable bonds is 1. The second kappa shape index (κ2) is 5.73. The van der Waals surface area contributed by atoms with Crippen LogP contribution < -0.4 is 0 Å². The van der Waals surface area contributed by atoms with Crippen molar-refractivity contribution in [3.05, 3.63) is 0 Å². The number of carboxylic acid groups (broad SMARTS) is 1. The molecule has 0 saturated carbocycles. The van der Waals surface area contributed by atoms with Crippen molar-refractivity contribution < 1.29 is 29.5 Å². The third-order valence-corrected chi connectivity index (χ3v) is 0.311. The van der Waals surface area contributed by atoms with Gasteiger partial charge in [0.05, 0.1) is 11.9 Å². The molecule has 0 rings (SSSR count). The minimum absolute atomic E-state index is 0.250. The summed E-state index contributed by atoms with van der Waals surface area (Å²) in [6, 6.07) is 0. The van der Waals surface area contributed by atoms with Crippen molar-refractivity contribution in [2.75, 3.05) is 0 Å². The fourth-order valence-electron chi connectivity index (χ4n) is 0. The monoisotopic (exact) mass is 160 g/mol. The smallest absolute Gasteiger partial charge is 0.421 e. The van der Waals surface area contributed by atoms with E-state index in [2.05, 4.69) is 16.2 Å². The fourth-order valence-corrected chi connectivity index (χ4v) is 0. The molecule has 0 aromatic rings. The zero-order valence-corrected chi connectivity index (χ0v) is 4.82. The van der Waals surface area contributed by atoms with Crippen LogP contribution in [0.4, 0.5) is 0 Å². The summed E-state index contributed by atoms with van der Waals surface area (Å²) in [4.78, 5) is 8.36. The van der Waals surface area contributed by atoms with Crippen molar-refractivity contribution in [1.29, 1.82) is 0 Å². The summed E-state index contributed by atoms with van der Waals surface area (Å²) in [7, 11) is 0. The minimum atomic E-state index is -3.19. The van der Waals surface area contributed by atoms with E-state index >= 15 is 0 Å². The Hall–Kier alpha value is -0.400. The Labute approximate surface area is 55.0 Å². The lowest BCUT2D eigenvalue weighted by Crippen LogP contribution is -2.26. The van der Waals surface area contributed by atoms with E-state index < -0.39 is 6.16 Å². The third-order valence-electron chi connectivity index (χ3n) is 0.104. The molecule has 0 aliphatic carbocycles. The standard InChI is InChI=1S/CH3ClO4.CH2O2/c2-6-1(3,4)5;2-1-3/h3-5H;1H,(H,2,3). The van der Waals surface area contributed by atoms with Gasteiger partial charge in [0, 0.05) is 0 Å². The van der Waals surface area contributed by atoms with Crippen LogP contribution in [-0.4, -0.2) is 33.1 Å². The van der Waals surface area contributed by atoms with Gasteiger partial charge in [0.15, 0.2) is 0 Å². The van der Waals surface area contributed by atoms with E-state index in [-0.39, 0.29) is 6.47 Å². The van der Waals surface area contributed by atoms with Crippen molar-refractivity contribution in [2.45, 2.75) is 6.16 Å². The van der Waals surface area contributed by atoms with Gasteiger partial charge in [-0.2, -0.15) is 4.29 Å². The minimum Gasteiger partial charge on any atom is -0.483 e. The van der Waals surface area contributed by atoms with E-state index in [0.29, 0.717) is 0 Å². The maximum Gasteiger partial charge on any atom is 0.421 e. The van der Waals surface area contributed by atoms with Crippen LogP contribution in [-0.2, 0) is 9.08 Å². The first-order valence-electron chi connectivity index (χ1n) is 1.52. The summed E-state index contributed by atoms with van der Waals surface area (Å²) in [5.41, 5.74) is 0. The first-order valence-corrected chi connectivity index (χ1v) is 1.83. The number of hydrogen-bond donors (Lipinski definition) is 4. The molecule has 0 heterocycles. The van der Waals surface area contributed by atoms with Gasteiger partial charge < -0.3 is 20.4 Å². The van der Waals surface area contributed by atoms with Gasteiger partial charge in [-0.25, -0.2) is 0 Å². The second-order valence-electron chi connectivity index (χ2n) is 0.756. The lowest BCUT2D eigenvalue weighted by Gasteiger charge is -2.04. The van der Waals surface area contributed by atoms with Gasteiger partial charge in [0.2, 0.25) is 0 Å². The molecule has 0 bridgehead atoms. The molecular weight excluding hydrogens is 155 g/mol. The van der Waals surface area contributed by atoms with Crippen molar-refractivity contribution in [3.63, 3.8) is 0 Å². The molecule has 0 unspecified atom stereocenters. The molecule has 7 heteroatoms. The topological polar surface area (TPSA) is 107 Å². The Kier molecular flexibility index (Phi) is 7.26. The summed E-state index contributed by atoms with van der Waals surface area (Å²) in [6.07, 6.45) is -3.19. The second-order valence-corrected chi connectivity index (χ2v) is 0.911. The maximum atomic E-state index is 8.36. The van der Waals surface area contributed by atoms with Gasteiger partial charge in [-0.15, -0.1) is 0 Å². The van der Waals surface area contributed by atoms with Crippen molar-refractivity contribution in [3.8, 4) is 0 Å². The molecule has 0 spiro atoms. The molecule has 0 atom stereocenters. The molecule has 0 aromatic heterocycles. The lowest BCUT2D eigenvalue weighted by molar-refractivity contribution is -0.419. The summed E-state index contributed by atoms with van der Waals surface area (Å²) >= 11 is 4.23. The van der Waals surface area contributed by atoms with Crippen LogP contribution in [0.1, 0.15) is 0 Å². The lowest BCUT2D eigenvalue weighted by atomic mass is 11.2. The van der Waals surface area contributed by atoms with Crippen molar-refractivity contribution >= 4 is 18.3 Å². The molecular formula is C2H5ClO6. The SMILES string of the molecule is O=CO.OC(O)(O)OCl. The predicted molar refractivity (Wildman–Crippen MR) is 25.0 cm³/mol. The van der Waals surface area contributed by atoms with Gasteiger partial charge in [-0.1, -0.05) is 0 Å². The van der Waals surface area contributed by atoms with E-state index in [9.17, 15) is 0 Å². The molecule has 0 aliphatic heterocycles. The van der Waals surface area contributed by atoms with E-state index in [1.54, 1.807) is 0 Å². The molecule has 6 nitrogen and oxygen atoms in total. The molecule has 9 heavy (non-hydrogen) atoms. The highest BCUT2D eigenvalue weighted by Gasteiger charge is 2.16. The maximum absolute atomic E-state index is 8.36. The molecule has 4 N–H and O–H groups in total. The molecule has 56 valence electrons. The molecule has 0 aromatic carbocycles. The number of carbonyl (C=O) groups is 1. The Morgan fingerprint density at radius 3 is 1.56 bits per heavy atom. The molecule has 0 aliphatic rings. The van der Waals surface area contributed by atoms with Crippen LogP contribution in [0.5, 0.6) is 0 Å². The van der Waals surface area contributed by atoms with Gasteiger partial charge in [0.1, 0.15) is 0 Å². The Morgan fingerprint density at radius 1 is 1.44 bits per heavy atom. The zero-order valence-electron chi connectivity index (χ0n) is 4.06. The van der Waals surface area contributed by atoms with E-state index in [4.69, 9.17) is 25.2 Å². The van der Waals surface area contributed by atoms with Crippen LogP contribution in [0.3, 0.4) is 0 Å². The quantitative estimate of drug-likeness (QED) is 0.273. The van der Waals surface area contributed by atoms with Gasteiger partial charge in [-0.05, 0) is 0 Å². The van der Waals surface area contributed by atoms with Crippen LogP contribution in [0.25, 0.3) is 0 Å². The van der Waals surface area contributed by atoms with Crippen molar-refractivity contribution in [2.24, 2.45) is 0 Å². The van der Waals surface area contributed by atoms with Gasteiger partial charge in [0.25, 0.3) is 6.47 Å². The predicted octanol–water partition coefficient (Wildman–Crippen LogP) is -1.55. The fraction of sp³-hybridized carbons (Fsp3) is 0.500.